The topological polar surface area (TPSA) is 47.7 Å². The van der Waals surface area contributed by atoms with Gasteiger partial charge in [0.15, 0.2) is 0 Å². The average molecular weight is 278 g/mol. The summed E-state index contributed by atoms with van der Waals surface area (Å²) in [6.07, 6.45) is 2.12. The van der Waals surface area contributed by atoms with Crippen LogP contribution in [0.25, 0.3) is 0 Å². The molecule has 0 aromatic heterocycles. The van der Waals surface area contributed by atoms with Crippen molar-refractivity contribution in [3.8, 4) is 5.75 Å². The molecule has 20 heavy (non-hydrogen) atoms. The normalized spacial score (nSPS) is 17.9. The third-order valence-electron chi connectivity index (χ3n) is 3.85. The molecule has 1 unspecified atom stereocenters. The van der Waals surface area contributed by atoms with Crippen LogP contribution in [0.4, 0.5) is 0 Å². The van der Waals surface area contributed by atoms with E-state index in [9.17, 15) is 0 Å². The van der Waals surface area contributed by atoms with Crippen molar-refractivity contribution >= 4 is 0 Å². The molecule has 1 heterocycles. The van der Waals surface area contributed by atoms with Gasteiger partial charge in [-0.15, -0.1) is 0 Å². The fraction of sp³-hybridized carbons (Fsp3) is 0.625. The minimum Gasteiger partial charge on any atom is -0.493 e. The van der Waals surface area contributed by atoms with E-state index in [0.717, 1.165) is 58.0 Å². The van der Waals surface area contributed by atoms with E-state index in [1.807, 2.05) is 6.07 Å². The summed E-state index contributed by atoms with van der Waals surface area (Å²) in [5, 5.41) is 0. The zero-order valence-corrected chi connectivity index (χ0v) is 12.4. The molecule has 4 nitrogen and oxygen atoms in total. The Hall–Kier alpha value is -1.10. The number of benzene rings is 1. The standard InChI is InChI=1S/C16H26N2O2/c1-19-12-10-18(9-4-8-17)13-14-7-11-20-16-6-3-2-5-15(14)16/h2-3,5-6,14H,4,7-13,17H2,1H3. The van der Waals surface area contributed by atoms with Gasteiger partial charge in [-0.1, -0.05) is 18.2 Å². The molecule has 0 radical (unpaired) electrons. The summed E-state index contributed by atoms with van der Waals surface area (Å²) >= 11 is 0. The van der Waals surface area contributed by atoms with E-state index in [0.29, 0.717) is 5.92 Å². The SMILES string of the molecule is COCCN(CCCN)CC1CCOc2ccccc21. The molecule has 0 spiro atoms. The number of rotatable bonds is 8. The number of hydrogen-bond acceptors (Lipinski definition) is 4. The van der Waals surface area contributed by atoms with E-state index < -0.39 is 0 Å². The maximum absolute atomic E-state index is 5.73. The third-order valence-corrected chi connectivity index (χ3v) is 3.85. The van der Waals surface area contributed by atoms with Crippen LogP contribution >= 0.6 is 0 Å². The average Bonchev–Trinajstić information content (AvgIpc) is 2.50. The van der Waals surface area contributed by atoms with Crippen molar-refractivity contribution in [1.29, 1.82) is 0 Å². The van der Waals surface area contributed by atoms with Crippen LogP contribution in [0.1, 0.15) is 24.3 Å². The maximum atomic E-state index is 5.73. The zero-order valence-electron chi connectivity index (χ0n) is 12.4. The van der Waals surface area contributed by atoms with Crippen molar-refractivity contribution in [2.75, 3.05) is 46.5 Å². The van der Waals surface area contributed by atoms with Gasteiger partial charge in [0.05, 0.1) is 13.2 Å². The molecule has 0 amide bonds. The van der Waals surface area contributed by atoms with Gasteiger partial charge < -0.3 is 20.1 Å². The number of hydrogen-bond donors (Lipinski definition) is 1. The summed E-state index contributed by atoms with van der Waals surface area (Å²) in [5.41, 5.74) is 6.98. The van der Waals surface area contributed by atoms with Gasteiger partial charge in [0.2, 0.25) is 0 Å². The highest BCUT2D eigenvalue weighted by atomic mass is 16.5. The van der Waals surface area contributed by atoms with Crippen LogP contribution in [0, 0.1) is 0 Å². The van der Waals surface area contributed by atoms with Crippen molar-refractivity contribution in [3.05, 3.63) is 29.8 Å². The van der Waals surface area contributed by atoms with E-state index in [4.69, 9.17) is 15.2 Å². The van der Waals surface area contributed by atoms with E-state index in [1.54, 1.807) is 7.11 Å². The summed E-state index contributed by atoms with van der Waals surface area (Å²) < 4.78 is 10.9. The Morgan fingerprint density at radius 3 is 3.00 bits per heavy atom. The van der Waals surface area contributed by atoms with Crippen LogP contribution in [0.15, 0.2) is 24.3 Å². The van der Waals surface area contributed by atoms with Crippen molar-refractivity contribution in [3.63, 3.8) is 0 Å². The van der Waals surface area contributed by atoms with Gasteiger partial charge in [0.1, 0.15) is 5.75 Å². The van der Waals surface area contributed by atoms with E-state index in [1.165, 1.54) is 5.56 Å². The summed E-state index contributed by atoms with van der Waals surface area (Å²) in [7, 11) is 1.75. The summed E-state index contributed by atoms with van der Waals surface area (Å²) in [5.74, 6) is 1.60. The van der Waals surface area contributed by atoms with Gasteiger partial charge in [0, 0.05) is 26.1 Å². The Bertz CT molecular complexity index is 390. The lowest BCUT2D eigenvalue weighted by Gasteiger charge is -2.31. The van der Waals surface area contributed by atoms with Crippen LogP contribution in [0.5, 0.6) is 5.75 Å². The Kier molecular flexibility index (Phi) is 6.30. The first kappa shape index (κ1) is 15.3. The van der Waals surface area contributed by atoms with E-state index >= 15 is 0 Å². The van der Waals surface area contributed by atoms with E-state index in [-0.39, 0.29) is 0 Å². The maximum Gasteiger partial charge on any atom is 0.122 e. The predicted molar refractivity (Wildman–Crippen MR) is 81.3 cm³/mol. The fourth-order valence-corrected chi connectivity index (χ4v) is 2.75. The number of nitrogens with zero attached hydrogens (tertiary/aromatic N) is 1. The molecule has 0 saturated carbocycles. The summed E-state index contributed by atoms with van der Waals surface area (Å²) in [4.78, 5) is 2.46. The Labute approximate surface area is 121 Å². The fourth-order valence-electron chi connectivity index (χ4n) is 2.75. The molecule has 2 rings (SSSR count). The summed E-state index contributed by atoms with van der Waals surface area (Å²) in [6.45, 7) is 5.40. The lowest BCUT2D eigenvalue weighted by molar-refractivity contribution is 0.137. The minimum atomic E-state index is 0.551. The first-order valence-electron chi connectivity index (χ1n) is 7.48. The molecule has 1 aliphatic heterocycles. The number of para-hydroxylation sites is 1. The van der Waals surface area contributed by atoms with Crippen LogP contribution in [0.2, 0.25) is 0 Å². The first-order chi connectivity index (χ1) is 9.85. The summed E-state index contributed by atoms with van der Waals surface area (Å²) in [6, 6.07) is 8.40. The van der Waals surface area contributed by atoms with Crippen molar-refractivity contribution in [1.82, 2.24) is 4.90 Å². The highest BCUT2D eigenvalue weighted by Gasteiger charge is 2.23. The quantitative estimate of drug-likeness (QED) is 0.788. The Morgan fingerprint density at radius 1 is 1.35 bits per heavy atom. The highest BCUT2D eigenvalue weighted by molar-refractivity contribution is 5.37. The van der Waals surface area contributed by atoms with Gasteiger partial charge in [-0.3, -0.25) is 0 Å². The smallest absolute Gasteiger partial charge is 0.122 e. The molecular weight excluding hydrogens is 252 g/mol. The lowest BCUT2D eigenvalue weighted by Crippen LogP contribution is -2.35. The monoisotopic (exact) mass is 278 g/mol. The highest BCUT2D eigenvalue weighted by Crippen LogP contribution is 2.33. The van der Waals surface area contributed by atoms with Gasteiger partial charge in [0.25, 0.3) is 0 Å². The Balaban J connectivity index is 1.99. The molecular formula is C16H26N2O2. The molecule has 4 heteroatoms. The van der Waals surface area contributed by atoms with Gasteiger partial charge in [-0.2, -0.15) is 0 Å². The minimum absolute atomic E-state index is 0.551. The molecule has 1 aliphatic rings. The molecule has 1 aromatic carbocycles. The molecule has 112 valence electrons. The number of ether oxygens (including phenoxy) is 2. The molecule has 0 aliphatic carbocycles. The van der Waals surface area contributed by atoms with Gasteiger partial charge >= 0.3 is 0 Å². The van der Waals surface area contributed by atoms with Crippen LogP contribution < -0.4 is 10.5 Å². The second kappa shape index (κ2) is 8.25. The van der Waals surface area contributed by atoms with Crippen molar-refractivity contribution < 1.29 is 9.47 Å². The second-order valence-corrected chi connectivity index (χ2v) is 5.31. The lowest BCUT2D eigenvalue weighted by atomic mass is 9.92. The van der Waals surface area contributed by atoms with E-state index in [2.05, 4.69) is 23.1 Å². The molecule has 1 atom stereocenters. The van der Waals surface area contributed by atoms with Crippen LogP contribution in [-0.4, -0.2) is 51.4 Å². The van der Waals surface area contributed by atoms with Crippen LogP contribution in [-0.2, 0) is 4.74 Å². The number of methoxy groups -OCH3 is 1. The third kappa shape index (κ3) is 4.20. The molecule has 2 N–H and O–H groups in total. The molecule has 1 aromatic rings. The Morgan fingerprint density at radius 2 is 2.20 bits per heavy atom. The largest absolute Gasteiger partial charge is 0.493 e. The first-order valence-corrected chi connectivity index (χ1v) is 7.48. The molecule has 0 saturated heterocycles. The van der Waals surface area contributed by atoms with Gasteiger partial charge in [-0.05, 0) is 37.6 Å². The molecule has 0 fully saturated rings. The second-order valence-electron chi connectivity index (χ2n) is 5.31. The van der Waals surface area contributed by atoms with Crippen LogP contribution in [0.3, 0.4) is 0 Å². The predicted octanol–water partition coefficient (Wildman–Crippen LogP) is 1.85. The van der Waals surface area contributed by atoms with Gasteiger partial charge in [-0.25, -0.2) is 0 Å². The number of fused-ring (bicyclic) bond motifs is 1. The number of nitrogens with two attached hydrogens (primary N) is 1. The van der Waals surface area contributed by atoms with Crippen molar-refractivity contribution in [2.45, 2.75) is 18.8 Å². The van der Waals surface area contributed by atoms with Crippen molar-refractivity contribution in [2.24, 2.45) is 5.73 Å². The zero-order chi connectivity index (χ0) is 14.2. The molecule has 0 bridgehead atoms.